The molecule has 7 heteroatoms. The first-order chi connectivity index (χ1) is 9.74. The second-order valence-electron chi connectivity index (χ2n) is 5.46. The van der Waals surface area contributed by atoms with Crippen molar-refractivity contribution in [3.05, 3.63) is 11.9 Å². The Hall–Kier alpha value is -2.15. The molecule has 4 N–H and O–H groups in total. The van der Waals surface area contributed by atoms with Gasteiger partial charge < -0.3 is 16.2 Å². The summed E-state index contributed by atoms with van der Waals surface area (Å²) in [6.07, 6.45) is 6.95. The van der Waals surface area contributed by atoms with Gasteiger partial charge >= 0.3 is 0 Å². The van der Waals surface area contributed by atoms with E-state index in [2.05, 4.69) is 20.3 Å². The minimum atomic E-state index is 0.198. The van der Waals surface area contributed by atoms with E-state index in [0.717, 1.165) is 24.8 Å². The summed E-state index contributed by atoms with van der Waals surface area (Å²) in [5.74, 6) is 1.24. The summed E-state index contributed by atoms with van der Waals surface area (Å²) in [6.45, 7) is 0.198. The maximum Gasteiger partial charge on any atom is 0.224 e. The Bertz CT molecular complexity index is 702. The van der Waals surface area contributed by atoms with E-state index in [-0.39, 0.29) is 18.5 Å². The van der Waals surface area contributed by atoms with Crippen LogP contribution in [0.3, 0.4) is 0 Å². The fourth-order valence-corrected chi connectivity index (χ4v) is 2.29. The van der Waals surface area contributed by atoms with Crippen LogP contribution in [0.1, 0.15) is 19.3 Å². The number of aliphatic hydroxyl groups excluding tert-OH is 1. The summed E-state index contributed by atoms with van der Waals surface area (Å²) in [7, 11) is 0. The third-order valence-electron chi connectivity index (χ3n) is 3.73. The Balaban J connectivity index is 1.75. The van der Waals surface area contributed by atoms with Crippen LogP contribution >= 0.6 is 0 Å². The Labute approximate surface area is 115 Å². The number of rotatable bonds is 4. The number of aromatic nitrogens is 4. The lowest BCUT2D eigenvalue weighted by Gasteiger charge is -2.05. The van der Waals surface area contributed by atoms with Crippen molar-refractivity contribution in [1.82, 2.24) is 19.5 Å². The first-order valence-corrected chi connectivity index (χ1v) is 6.82. The average Bonchev–Trinajstić information content (AvgIpc) is 3.32. The molecule has 0 spiro atoms. The molecule has 0 aliphatic heterocycles. The van der Waals surface area contributed by atoms with Gasteiger partial charge in [-0.3, -0.25) is 4.57 Å². The van der Waals surface area contributed by atoms with Crippen molar-refractivity contribution < 1.29 is 5.11 Å². The lowest BCUT2D eigenvalue weighted by Crippen LogP contribution is -2.07. The van der Waals surface area contributed by atoms with Gasteiger partial charge in [0.15, 0.2) is 17.0 Å². The molecule has 1 atom stereocenters. The van der Waals surface area contributed by atoms with Gasteiger partial charge in [-0.1, -0.05) is 0 Å². The van der Waals surface area contributed by atoms with E-state index in [1.54, 1.807) is 6.33 Å². The molecule has 0 unspecified atom stereocenters. The van der Waals surface area contributed by atoms with Gasteiger partial charge in [-0.2, -0.15) is 9.97 Å². The molecular weight excluding hydrogens is 256 g/mol. The molecule has 0 bridgehead atoms. The van der Waals surface area contributed by atoms with Crippen molar-refractivity contribution in [3.63, 3.8) is 0 Å². The number of fused-ring (bicyclic) bond motifs is 1. The highest BCUT2D eigenvalue weighted by atomic mass is 16.3. The largest absolute Gasteiger partial charge is 0.396 e. The fourth-order valence-electron chi connectivity index (χ4n) is 2.29. The van der Waals surface area contributed by atoms with Crippen molar-refractivity contribution in [3.8, 4) is 0 Å². The van der Waals surface area contributed by atoms with E-state index in [4.69, 9.17) is 10.8 Å². The molecule has 0 aromatic carbocycles. The topological polar surface area (TPSA) is 102 Å². The third-order valence-corrected chi connectivity index (χ3v) is 3.73. The van der Waals surface area contributed by atoms with Crippen molar-refractivity contribution in [2.75, 3.05) is 17.7 Å². The fraction of sp³-hybridized carbons (Fsp3) is 0.462. The van der Waals surface area contributed by atoms with E-state index in [9.17, 15) is 0 Å². The van der Waals surface area contributed by atoms with E-state index < -0.39 is 0 Å². The summed E-state index contributed by atoms with van der Waals surface area (Å²) in [4.78, 5) is 12.9. The second-order valence-corrected chi connectivity index (χ2v) is 5.46. The summed E-state index contributed by atoms with van der Waals surface area (Å²) >= 11 is 0. The number of nitrogen functional groups attached to an aromatic ring is 1. The van der Waals surface area contributed by atoms with Gasteiger partial charge in [0.2, 0.25) is 5.95 Å². The van der Waals surface area contributed by atoms with Crippen molar-refractivity contribution >= 4 is 29.1 Å². The van der Waals surface area contributed by atoms with Crippen LogP contribution in [-0.4, -0.2) is 37.3 Å². The number of nitrogens with two attached hydrogens (primary N) is 1. The third kappa shape index (κ3) is 2.00. The highest BCUT2D eigenvalue weighted by Crippen LogP contribution is 2.38. The van der Waals surface area contributed by atoms with E-state index >= 15 is 0 Å². The van der Waals surface area contributed by atoms with Gasteiger partial charge in [0, 0.05) is 24.8 Å². The number of anilines is 2. The Morgan fingerprint density at radius 2 is 2.30 bits per heavy atom. The number of nitrogens with zero attached hydrogens (tertiary/aromatic N) is 4. The standard InChI is InChI=1S/C13H16N6O/c14-13-17-11(16-9-1-2-9)10-12(18-13)19(6-15-10)4-7-3-8(7)5-20/h4,6,8-9,20H,1-3,5H2,(H3,14,16,17,18)/b7-4-/t8-/m0/s1. The van der Waals surface area contributed by atoms with Gasteiger partial charge in [-0.05, 0) is 24.8 Å². The maximum atomic E-state index is 9.09. The van der Waals surface area contributed by atoms with Gasteiger partial charge in [0.1, 0.15) is 6.33 Å². The zero-order valence-corrected chi connectivity index (χ0v) is 11.0. The number of aliphatic hydroxyl groups is 1. The minimum Gasteiger partial charge on any atom is -0.396 e. The number of hydrogen-bond donors (Lipinski definition) is 3. The monoisotopic (exact) mass is 272 g/mol. The van der Waals surface area contributed by atoms with Crippen molar-refractivity contribution in [2.24, 2.45) is 5.92 Å². The zero-order valence-electron chi connectivity index (χ0n) is 11.0. The molecule has 104 valence electrons. The van der Waals surface area contributed by atoms with E-state index in [1.807, 2.05) is 10.8 Å². The number of imidazole rings is 1. The normalized spacial score (nSPS) is 23.4. The molecule has 2 aromatic rings. The van der Waals surface area contributed by atoms with Crippen molar-refractivity contribution in [1.29, 1.82) is 0 Å². The quantitative estimate of drug-likeness (QED) is 0.762. The molecule has 20 heavy (non-hydrogen) atoms. The van der Waals surface area contributed by atoms with Gasteiger partial charge in [-0.15, -0.1) is 0 Å². The Morgan fingerprint density at radius 3 is 3.00 bits per heavy atom. The lowest BCUT2D eigenvalue weighted by atomic mass is 10.4. The van der Waals surface area contributed by atoms with E-state index in [0.29, 0.717) is 17.5 Å². The molecule has 2 saturated carbocycles. The molecule has 2 fully saturated rings. The SMILES string of the molecule is Nc1nc(NC2CC2)c2ncn(/C=C3/C[C@H]3CO)c2n1. The highest BCUT2D eigenvalue weighted by Gasteiger charge is 2.29. The lowest BCUT2D eigenvalue weighted by molar-refractivity contribution is 0.281. The Morgan fingerprint density at radius 1 is 1.45 bits per heavy atom. The van der Waals surface area contributed by atoms with Gasteiger partial charge in [0.05, 0.1) is 0 Å². The molecule has 2 aromatic heterocycles. The molecule has 7 nitrogen and oxygen atoms in total. The predicted octanol–water partition coefficient (Wildman–Crippen LogP) is 0.836. The summed E-state index contributed by atoms with van der Waals surface area (Å²) in [5, 5.41) is 12.4. The van der Waals surface area contributed by atoms with Crippen LogP contribution < -0.4 is 11.1 Å². The maximum absolute atomic E-state index is 9.09. The molecule has 0 radical (unpaired) electrons. The van der Waals surface area contributed by atoms with Crippen LogP contribution in [0.2, 0.25) is 0 Å². The smallest absolute Gasteiger partial charge is 0.224 e. The van der Waals surface area contributed by atoms with Crippen LogP contribution in [-0.2, 0) is 0 Å². The highest BCUT2D eigenvalue weighted by molar-refractivity contribution is 5.85. The second kappa shape index (κ2) is 4.17. The van der Waals surface area contributed by atoms with Crippen LogP contribution in [0, 0.1) is 5.92 Å². The molecule has 0 amide bonds. The Kier molecular flexibility index (Phi) is 2.43. The molecule has 0 saturated heterocycles. The van der Waals surface area contributed by atoms with Crippen LogP contribution in [0.15, 0.2) is 11.9 Å². The first-order valence-electron chi connectivity index (χ1n) is 6.82. The molecule has 2 aliphatic rings. The molecular formula is C13H16N6O. The predicted molar refractivity (Wildman–Crippen MR) is 75.8 cm³/mol. The molecule has 4 rings (SSSR count). The summed E-state index contributed by atoms with van der Waals surface area (Å²) in [5.41, 5.74) is 8.44. The van der Waals surface area contributed by atoms with Crippen LogP contribution in [0.4, 0.5) is 11.8 Å². The van der Waals surface area contributed by atoms with Gasteiger partial charge in [0.25, 0.3) is 0 Å². The number of nitrogens with one attached hydrogen (secondary N) is 1. The first kappa shape index (κ1) is 11.7. The number of hydrogen-bond acceptors (Lipinski definition) is 6. The van der Waals surface area contributed by atoms with Crippen molar-refractivity contribution in [2.45, 2.75) is 25.3 Å². The minimum absolute atomic E-state index is 0.198. The summed E-state index contributed by atoms with van der Waals surface area (Å²) in [6, 6.07) is 0.484. The molecule has 2 heterocycles. The van der Waals surface area contributed by atoms with E-state index in [1.165, 1.54) is 5.57 Å². The van der Waals surface area contributed by atoms with Crippen LogP contribution in [0.25, 0.3) is 17.4 Å². The summed E-state index contributed by atoms with van der Waals surface area (Å²) < 4.78 is 1.86. The van der Waals surface area contributed by atoms with Crippen LogP contribution in [0.5, 0.6) is 0 Å². The average molecular weight is 272 g/mol. The van der Waals surface area contributed by atoms with Gasteiger partial charge in [-0.25, -0.2) is 4.98 Å². The zero-order chi connectivity index (χ0) is 13.7. The molecule has 2 aliphatic carbocycles.